The largest absolute Gasteiger partial charge is 0.345 e. The van der Waals surface area contributed by atoms with Crippen molar-refractivity contribution in [1.82, 2.24) is 4.98 Å². The number of aromatic nitrogens is 1. The lowest BCUT2D eigenvalue weighted by Crippen LogP contribution is -2.11. The number of carbonyl (C=O) groups excluding carboxylic acids is 1. The van der Waals surface area contributed by atoms with Crippen LogP contribution in [0.3, 0.4) is 0 Å². The molecule has 0 bridgehead atoms. The Hall–Kier alpha value is -1.80. The van der Waals surface area contributed by atoms with Crippen molar-refractivity contribution in [2.45, 2.75) is 6.92 Å². The fourth-order valence-corrected chi connectivity index (χ4v) is 2.68. The minimum absolute atomic E-state index is 0.110. The van der Waals surface area contributed by atoms with E-state index in [1.165, 1.54) is 0 Å². The number of nitro groups is 1. The number of anilines is 1. The van der Waals surface area contributed by atoms with Crippen molar-refractivity contribution >= 4 is 43.3 Å². The average Bonchev–Trinajstić information content (AvgIpc) is 2.76. The molecule has 19 heavy (non-hydrogen) atoms. The standard InChI is InChI=1S/C11H8BrN3O3S/c1-6-2-7(4-8(12)3-6)10(16)14-11-13-5-9(19-11)15(17)18/h2-5H,1H3,(H,13,14,16). The molecule has 0 atom stereocenters. The molecular weight excluding hydrogens is 334 g/mol. The van der Waals surface area contributed by atoms with Crippen LogP contribution in [0.5, 0.6) is 0 Å². The summed E-state index contributed by atoms with van der Waals surface area (Å²) >= 11 is 4.13. The maximum absolute atomic E-state index is 12.0. The van der Waals surface area contributed by atoms with Crippen LogP contribution >= 0.6 is 27.3 Å². The molecule has 0 aliphatic rings. The molecular formula is C11H8BrN3O3S. The van der Waals surface area contributed by atoms with Crippen LogP contribution in [0.25, 0.3) is 0 Å². The highest BCUT2D eigenvalue weighted by Gasteiger charge is 2.14. The number of nitrogens with zero attached hydrogens (tertiary/aromatic N) is 2. The summed E-state index contributed by atoms with van der Waals surface area (Å²) in [6.07, 6.45) is 1.12. The fourth-order valence-electron chi connectivity index (χ4n) is 1.44. The monoisotopic (exact) mass is 341 g/mol. The predicted molar refractivity (Wildman–Crippen MR) is 75.6 cm³/mol. The summed E-state index contributed by atoms with van der Waals surface area (Å²) in [6.45, 7) is 1.87. The SMILES string of the molecule is Cc1cc(Br)cc(C(=O)Nc2ncc([N+](=O)[O-])s2)c1. The first-order valence-corrected chi connectivity index (χ1v) is 6.75. The lowest BCUT2D eigenvalue weighted by molar-refractivity contribution is -0.380. The second-order valence-electron chi connectivity index (χ2n) is 3.73. The zero-order valence-electron chi connectivity index (χ0n) is 9.71. The minimum atomic E-state index is -0.545. The van der Waals surface area contributed by atoms with Gasteiger partial charge in [0, 0.05) is 10.0 Å². The number of rotatable bonds is 3. The van der Waals surface area contributed by atoms with Gasteiger partial charge in [0.1, 0.15) is 6.20 Å². The van der Waals surface area contributed by atoms with E-state index in [-0.39, 0.29) is 16.0 Å². The molecule has 0 saturated carbocycles. The van der Waals surface area contributed by atoms with Gasteiger partial charge in [0.2, 0.25) is 0 Å². The quantitative estimate of drug-likeness (QED) is 0.684. The van der Waals surface area contributed by atoms with Gasteiger partial charge in [-0.1, -0.05) is 15.9 Å². The van der Waals surface area contributed by atoms with Gasteiger partial charge in [0.05, 0.1) is 4.92 Å². The van der Waals surface area contributed by atoms with Crippen molar-refractivity contribution in [1.29, 1.82) is 0 Å². The minimum Gasteiger partial charge on any atom is -0.298 e. The first-order valence-electron chi connectivity index (χ1n) is 5.14. The zero-order valence-corrected chi connectivity index (χ0v) is 12.1. The van der Waals surface area contributed by atoms with Gasteiger partial charge in [-0.2, -0.15) is 0 Å². The van der Waals surface area contributed by atoms with E-state index in [0.717, 1.165) is 27.6 Å². The second-order valence-corrected chi connectivity index (χ2v) is 5.66. The van der Waals surface area contributed by atoms with Crippen LogP contribution in [0.15, 0.2) is 28.9 Å². The van der Waals surface area contributed by atoms with E-state index in [1.54, 1.807) is 12.1 Å². The summed E-state index contributed by atoms with van der Waals surface area (Å²) in [7, 11) is 0. The number of benzene rings is 1. The van der Waals surface area contributed by atoms with Crippen LogP contribution in [-0.4, -0.2) is 15.8 Å². The number of hydrogen-bond acceptors (Lipinski definition) is 5. The van der Waals surface area contributed by atoms with Gasteiger partial charge < -0.3 is 0 Å². The molecule has 1 aromatic carbocycles. The van der Waals surface area contributed by atoms with Crippen molar-refractivity contribution in [3.63, 3.8) is 0 Å². The van der Waals surface area contributed by atoms with E-state index in [0.29, 0.717) is 5.56 Å². The number of carbonyl (C=O) groups is 1. The molecule has 0 spiro atoms. The van der Waals surface area contributed by atoms with Crippen molar-refractivity contribution < 1.29 is 9.72 Å². The number of halogens is 1. The topological polar surface area (TPSA) is 85.1 Å². The molecule has 98 valence electrons. The van der Waals surface area contributed by atoms with Crippen LogP contribution in [0.2, 0.25) is 0 Å². The molecule has 1 aromatic heterocycles. The Labute approximate surface area is 120 Å². The summed E-state index contributed by atoms with van der Waals surface area (Å²) in [6, 6.07) is 5.28. The van der Waals surface area contributed by atoms with Crippen molar-refractivity contribution in [3.8, 4) is 0 Å². The van der Waals surface area contributed by atoms with E-state index in [9.17, 15) is 14.9 Å². The summed E-state index contributed by atoms with van der Waals surface area (Å²) in [5, 5.41) is 13.1. The van der Waals surface area contributed by atoms with Crippen molar-refractivity contribution in [3.05, 3.63) is 50.1 Å². The summed E-state index contributed by atoms with van der Waals surface area (Å²) in [5.74, 6) is -0.353. The number of aryl methyl sites for hydroxylation is 1. The van der Waals surface area contributed by atoms with E-state index >= 15 is 0 Å². The molecule has 0 aliphatic carbocycles. The molecule has 0 aliphatic heterocycles. The zero-order chi connectivity index (χ0) is 14.0. The molecule has 0 fully saturated rings. The molecule has 0 radical (unpaired) electrons. The Morgan fingerprint density at radius 1 is 1.47 bits per heavy atom. The Morgan fingerprint density at radius 3 is 2.79 bits per heavy atom. The van der Waals surface area contributed by atoms with Gasteiger partial charge in [-0.3, -0.25) is 20.2 Å². The highest BCUT2D eigenvalue weighted by Crippen LogP contribution is 2.25. The molecule has 1 amide bonds. The van der Waals surface area contributed by atoms with Crippen molar-refractivity contribution in [2.75, 3.05) is 5.32 Å². The van der Waals surface area contributed by atoms with Crippen molar-refractivity contribution in [2.24, 2.45) is 0 Å². The molecule has 6 nitrogen and oxygen atoms in total. The van der Waals surface area contributed by atoms with Crippen LogP contribution in [-0.2, 0) is 0 Å². The normalized spacial score (nSPS) is 10.2. The van der Waals surface area contributed by atoms with Gasteiger partial charge in [0.15, 0.2) is 5.13 Å². The smallest absolute Gasteiger partial charge is 0.298 e. The molecule has 1 N–H and O–H groups in total. The van der Waals surface area contributed by atoms with Crippen LogP contribution in [0.4, 0.5) is 10.1 Å². The Bertz CT molecular complexity index is 636. The molecule has 8 heteroatoms. The second kappa shape index (κ2) is 5.45. The highest BCUT2D eigenvalue weighted by atomic mass is 79.9. The molecule has 1 heterocycles. The third kappa shape index (κ3) is 3.36. The summed E-state index contributed by atoms with van der Waals surface area (Å²) in [5.41, 5.74) is 1.40. The Morgan fingerprint density at radius 2 is 2.21 bits per heavy atom. The van der Waals surface area contributed by atoms with E-state index < -0.39 is 4.92 Å². The maximum Gasteiger partial charge on any atom is 0.345 e. The first-order chi connectivity index (χ1) is 8.95. The number of amides is 1. The summed E-state index contributed by atoms with van der Waals surface area (Å²) < 4.78 is 0.794. The van der Waals surface area contributed by atoms with Gasteiger partial charge in [-0.15, -0.1) is 0 Å². The predicted octanol–water partition coefficient (Wildman–Crippen LogP) is 3.37. The number of nitrogens with one attached hydrogen (secondary N) is 1. The highest BCUT2D eigenvalue weighted by molar-refractivity contribution is 9.10. The van der Waals surface area contributed by atoms with E-state index in [4.69, 9.17) is 0 Å². The van der Waals surface area contributed by atoms with E-state index in [2.05, 4.69) is 26.2 Å². The molecule has 2 rings (SSSR count). The van der Waals surface area contributed by atoms with Crippen LogP contribution in [0, 0.1) is 17.0 Å². The number of hydrogen-bond donors (Lipinski definition) is 1. The third-order valence-electron chi connectivity index (χ3n) is 2.20. The Kier molecular flexibility index (Phi) is 3.91. The maximum atomic E-state index is 12.0. The first kappa shape index (κ1) is 13.6. The lowest BCUT2D eigenvalue weighted by Gasteiger charge is -2.03. The fraction of sp³-hybridized carbons (Fsp3) is 0.0909. The molecule has 2 aromatic rings. The number of thiazole rings is 1. The third-order valence-corrected chi connectivity index (χ3v) is 3.52. The van der Waals surface area contributed by atoms with Gasteiger partial charge in [-0.25, -0.2) is 4.98 Å². The van der Waals surface area contributed by atoms with E-state index in [1.807, 2.05) is 13.0 Å². The van der Waals surface area contributed by atoms with Gasteiger partial charge in [0.25, 0.3) is 5.91 Å². The molecule has 0 saturated heterocycles. The van der Waals surface area contributed by atoms with Gasteiger partial charge in [-0.05, 0) is 42.0 Å². The average molecular weight is 342 g/mol. The van der Waals surface area contributed by atoms with Crippen LogP contribution in [0.1, 0.15) is 15.9 Å². The summed E-state index contributed by atoms with van der Waals surface area (Å²) in [4.78, 5) is 25.7. The van der Waals surface area contributed by atoms with Gasteiger partial charge >= 0.3 is 5.00 Å². The van der Waals surface area contributed by atoms with Crippen LogP contribution < -0.4 is 5.32 Å². The molecule has 0 unspecified atom stereocenters. The lowest BCUT2D eigenvalue weighted by atomic mass is 10.1. The Balaban J connectivity index is 2.18.